The standard InChI is InChI=1S/C16H16ClNS/c1-10-7-13(17)8-12-9-15(18-16(10)12)11-3-5-14(19-2)6-4-11/h3-8,15,18H,9H2,1-2H3. The fourth-order valence-electron chi connectivity index (χ4n) is 2.66. The van der Waals surface area contributed by atoms with Crippen LogP contribution in [0.4, 0.5) is 5.69 Å². The fourth-order valence-corrected chi connectivity index (χ4v) is 3.37. The molecule has 0 spiro atoms. The molecule has 0 aromatic heterocycles. The molecule has 1 aliphatic rings. The van der Waals surface area contributed by atoms with Gasteiger partial charge >= 0.3 is 0 Å². The summed E-state index contributed by atoms with van der Waals surface area (Å²) in [5.74, 6) is 0. The lowest BCUT2D eigenvalue weighted by Crippen LogP contribution is -2.05. The van der Waals surface area contributed by atoms with Gasteiger partial charge in [-0.1, -0.05) is 23.7 Å². The number of fused-ring (bicyclic) bond motifs is 1. The van der Waals surface area contributed by atoms with Gasteiger partial charge in [0.1, 0.15) is 0 Å². The van der Waals surface area contributed by atoms with Gasteiger partial charge in [-0.3, -0.25) is 0 Å². The van der Waals surface area contributed by atoms with Crippen LogP contribution in [0, 0.1) is 6.92 Å². The van der Waals surface area contributed by atoms with Crippen LogP contribution in [-0.4, -0.2) is 6.26 Å². The average molecular weight is 290 g/mol. The fraction of sp³-hybridized carbons (Fsp3) is 0.250. The van der Waals surface area contributed by atoms with Crippen LogP contribution in [0.15, 0.2) is 41.3 Å². The van der Waals surface area contributed by atoms with E-state index in [1.807, 2.05) is 6.07 Å². The highest BCUT2D eigenvalue weighted by atomic mass is 35.5. The lowest BCUT2D eigenvalue weighted by atomic mass is 10.0. The summed E-state index contributed by atoms with van der Waals surface area (Å²) >= 11 is 7.91. The Kier molecular flexibility index (Phi) is 3.46. The van der Waals surface area contributed by atoms with Crippen LogP contribution >= 0.6 is 23.4 Å². The summed E-state index contributed by atoms with van der Waals surface area (Å²) < 4.78 is 0. The van der Waals surface area contributed by atoms with Gasteiger partial charge < -0.3 is 5.32 Å². The van der Waals surface area contributed by atoms with Crippen LogP contribution in [0.2, 0.25) is 5.02 Å². The number of anilines is 1. The Morgan fingerprint density at radius 2 is 1.95 bits per heavy atom. The smallest absolute Gasteiger partial charge is 0.0555 e. The normalized spacial score (nSPS) is 17.1. The second-order valence-electron chi connectivity index (χ2n) is 4.93. The van der Waals surface area contributed by atoms with Crippen LogP contribution in [0.5, 0.6) is 0 Å². The number of rotatable bonds is 2. The van der Waals surface area contributed by atoms with Crippen molar-refractivity contribution in [2.24, 2.45) is 0 Å². The Bertz CT molecular complexity index is 607. The van der Waals surface area contributed by atoms with E-state index in [2.05, 4.69) is 48.8 Å². The van der Waals surface area contributed by atoms with E-state index in [1.165, 1.54) is 27.3 Å². The summed E-state index contributed by atoms with van der Waals surface area (Å²) in [7, 11) is 0. The zero-order chi connectivity index (χ0) is 13.4. The Morgan fingerprint density at radius 1 is 1.21 bits per heavy atom. The Labute approximate surface area is 123 Å². The molecule has 2 aromatic carbocycles. The van der Waals surface area contributed by atoms with Crippen molar-refractivity contribution in [2.75, 3.05) is 11.6 Å². The molecule has 0 radical (unpaired) electrons. The third-order valence-corrected chi connectivity index (χ3v) is 4.60. The van der Waals surface area contributed by atoms with Crippen molar-refractivity contribution in [1.82, 2.24) is 0 Å². The first kappa shape index (κ1) is 12.9. The molecule has 1 N–H and O–H groups in total. The lowest BCUT2D eigenvalue weighted by Gasteiger charge is -2.12. The topological polar surface area (TPSA) is 12.0 Å². The predicted octanol–water partition coefficient (Wildman–Crippen LogP) is 5.08. The molecule has 3 rings (SSSR count). The van der Waals surface area contributed by atoms with Gasteiger partial charge in [0.15, 0.2) is 0 Å². The van der Waals surface area contributed by atoms with Gasteiger partial charge in [-0.25, -0.2) is 0 Å². The Balaban J connectivity index is 1.88. The molecule has 98 valence electrons. The van der Waals surface area contributed by atoms with Crippen molar-refractivity contribution in [1.29, 1.82) is 0 Å². The van der Waals surface area contributed by atoms with E-state index in [0.717, 1.165) is 11.4 Å². The number of hydrogen-bond acceptors (Lipinski definition) is 2. The summed E-state index contributed by atoms with van der Waals surface area (Å²) in [5.41, 5.74) is 5.14. The zero-order valence-corrected chi connectivity index (χ0v) is 12.6. The molecule has 0 amide bonds. The number of benzene rings is 2. The second kappa shape index (κ2) is 5.10. The summed E-state index contributed by atoms with van der Waals surface area (Å²) in [4.78, 5) is 1.30. The molecule has 0 saturated carbocycles. The molecule has 1 unspecified atom stereocenters. The summed E-state index contributed by atoms with van der Waals surface area (Å²) in [6, 6.07) is 13.3. The number of hydrogen-bond donors (Lipinski definition) is 1. The van der Waals surface area contributed by atoms with Crippen LogP contribution in [0.1, 0.15) is 22.7 Å². The van der Waals surface area contributed by atoms with Crippen molar-refractivity contribution < 1.29 is 0 Å². The highest BCUT2D eigenvalue weighted by molar-refractivity contribution is 7.98. The molecular weight excluding hydrogens is 274 g/mol. The van der Waals surface area contributed by atoms with Crippen molar-refractivity contribution in [3.05, 3.63) is 58.1 Å². The molecule has 3 heteroatoms. The van der Waals surface area contributed by atoms with E-state index in [4.69, 9.17) is 11.6 Å². The van der Waals surface area contributed by atoms with Crippen LogP contribution in [-0.2, 0) is 6.42 Å². The van der Waals surface area contributed by atoms with Crippen molar-refractivity contribution in [2.45, 2.75) is 24.3 Å². The molecule has 1 heterocycles. The molecule has 0 bridgehead atoms. The van der Waals surface area contributed by atoms with Crippen LogP contribution in [0.25, 0.3) is 0 Å². The van der Waals surface area contributed by atoms with E-state index >= 15 is 0 Å². The van der Waals surface area contributed by atoms with Crippen molar-refractivity contribution in [3.8, 4) is 0 Å². The predicted molar refractivity (Wildman–Crippen MR) is 84.5 cm³/mol. The minimum atomic E-state index is 0.364. The van der Waals surface area contributed by atoms with E-state index in [9.17, 15) is 0 Å². The van der Waals surface area contributed by atoms with E-state index < -0.39 is 0 Å². The first-order chi connectivity index (χ1) is 9.17. The van der Waals surface area contributed by atoms with Crippen molar-refractivity contribution in [3.63, 3.8) is 0 Å². The van der Waals surface area contributed by atoms with Gasteiger partial charge in [-0.05, 0) is 60.6 Å². The number of thioether (sulfide) groups is 1. The van der Waals surface area contributed by atoms with Gasteiger partial charge in [-0.2, -0.15) is 0 Å². The molecule has 0 fully saturated rings. The Hall–Kier alpha value is -1.12. The van der Waals surface area contributed by atoms with Gasteiger partial charge in [-0.15, -0.1) is 11.8 Å². The highest BCUT2D eigenvalue weighted by Gasteiger charge is 2.23. The van der Waals surface area contributed by atoms with Crippen LogP contribution in [0.3, 0.4) is 0 Å². The zero-order valence-electron chi connectivity index (χ0n) is 11.0. The third-order valence-electron chi connectivity index (χ3n) is 3.64. The second-order valence-corrected chi connectivity index (χ2v) is 6.25. The SMILES string of the molecule is CSc1ccc(C2Cc3cc(Cl)cc(C)c3N2)cc1. The minimum Gasteiger partial charge on any atom is -0.377 e. The number of aryl methyl sites for hydroxylation is 1. The molecule has 1 atom stereocenters. The maximum atomic E-state index is 6.13. The van der Waals surface area contributed by atoms with Gasteiger partial charge in [0, 0.05) is 15.6 Å². The largest absolute Gasteiger partial charge is 0.377 e. The maximum Gasteiger partial charge on any atom is 0.0555 e. The molecule has 1 nitrogen and oxygen atoms in total. The summed E-state index contributed by atoms with van der Waals surface area (Å²) in [5, 5.41) is 4.45. The number of nitrogens with one attached hydrogen (secondary N) is 1. The van der Waals surface area contributed by atoms with E-state index in [-0.39, 0.29) is 0 Å². The van der Waals surface area contributed by atoms with Gasteiger partial charge in [0.05, 0.1) is 6.04 Å². The first-order valence-corrected chi connectivity index (χ1v) is 7.97. The molecule has 19 heavy (non-hydrogen) atoms. The van der Waals surface area contributed by atoms with E-state index in [1.54, 1.807) is 11.8 Å². The van der Waals surface area contributed by atoms with Crippen molar-refractivity contribution >= 4 is 29.1 Å². The Morgan fingerprint density at radius 3 is 2.63 bits per heavy atom. The summed E-state index contributed by atoms with van der Waals surface area (Å²) in [6.07, 6.45) is 3.11. The first-order valence-electron chi connectivity index (χ1n) is 6.37. The molecule has 1 aliphatic heterocycles. The van der Waals surface area contributed by atoms with Gasteiger partial charge in [0.25, 0.3) is 0 Å². The maximum absolute atomic E-state index is 6.13. The quantitative estimate of drug-likeness (QED) is 0.774. The highest BCUT2D eigenvalue weighted by Crippen LogP contribution is 2.38. The molecule has 0 saturated heterocycles. The molecule has 2 aromatic rings. The number of halogens is 1. The molecular formula is C16H16ClNS. The lowest BCUT2D eigenvalue weighted by molar-refractivity contribution is 0.823. The van der Waals surface area contributed by atoms with Gasteiger partial charge in [0.2, 0.25) is 0 Å². The molecule has 0 aliphatic carbocycles. The third kappa shape index (κ3) is 2.47. The minimum absolute atomic E-state index is 0.364. The monoisotopic (exact) mass is 289 g/mol. The van der Waals surface area contributed by atoms with E-state index in [0.29, 0.717) is 6.04 Å². The van der Waals surface area contributed by atoms with Crippen LogP contribution < -0.4 is 5.32 Å². The average Bonchev–Trinajstić information content (AvgIpc) is 2.83. The summed E-state index contributed by atoms with van der Waals surface area (Å²) in [6.45, 7) is 2.11.